The molecule has 3 rings (SSSR count). The smallest absolute Gasteiger partial charge is 0.271 e. The predicted molar refractivity (Wildman–Crippen MR) is 94.8 cm³/mol. The minimum Gasteiger partial charge on any atom is -0.462 e. The molecule has 0 spiro atoms. The average molecular weight is 341 g/mol. The van der Waals surface area contributed by atoms with Gasteiger partial charge in [-0.05, 0) is 37.4 Å². The highest BCUT2D eigenvalue weighted by Crippen LogP contribution is 2.23. The van der Waals surface area contributed by atoms with Crippen molar-refractivity contribution in [2.45, 2.75) is 13.1 Å². The standard InChI is InChI=1S/C18H19N3O2S/c1-21(2)11-14-7-5-13(6-8-14)10-19-17(22)15-12-24-18(20-15)16-4-3-9-23-16/h3-9,12H,10-11H2,1-2H3,(H,19,22). The number of hydrogen-bond donors (Lipinski definition) is 1. The Morgan fingerprint density at radius 3 is 2.62 bits per heavy atom. The van der Waals surface area contributed by atoms with Gasteiger partial charge in [0, 0.05) is 18.5 Å². The third kappa shape index (κ3) is 4.10. The van der Waals surface area contributed by atoms with Gasteiger partial charge in [0.15, 0.2) is 10.8 Å². The topological polar surface area (TPSA) is 58.4 Å². The van der Waals surface area contributed by atoms with Crippen LogP contribution in [-0.4, -0.2) is 29.9 Å². The average Bonchev–Trinajstić information content (AvgIpc) is 3.24. The minimum absolute atomic E-state index is 0.179. The molecule has 6 heteroatoms. The number of carbonyl (C=O) groups is 1. The molecular formula is C18H19N3O2S. The van der Waals surface area contributed by atoms with Gasteiger partial charge in [-0.25, -0.2) is 4.98 Å². The van der Waals surface area contributed by atoms with Crippen LogP contribution in [0.2, 0.25) is 0 Å². The molecule has 0 fully saturated rings. The lowest BCUT2D eigenvalue weighted by molar-refractivity contribution is 0.0946. The molecule has 0 aliphatic carbocycles. The highest BCUT2D eigenvalue weighted by atomic mass is 32.1. The zero-order valence-corrected chi connectivity index (χ0v) is 14.5. The van der Waals surface area contributed by atoms with Crippen molar-refractivity contribution in [2.24, 2.45) is 0 Å². The molecule has 124 valence electrons. The second-order valence-corrected chi connectivity index (χ2v) is 6.61. The van der Waals surface area contributed by atoms with Crippen molar-refractivity contribution < 1.29 is 9.21 Å². The maximum atomic E-state index is 12.2. The number of benzene rings is 1. The molecule has 0 saturated carbocycles. The van der Waals surface area contributed by atoms with E-state index in [1.54, 1.807) is 17.7 Å². The van der Waals surface area contributed by atoms with Gasteiger partial charge in [0.2, 0.25) is 0 Å². The van der Waals surface area contributed by atoms with Crippen LogP contribution >= 0.6 is 11.3 Å². The molecule has 2 aromatic heterocycles. The molecular weight excluding hydrogens is 322 g/mol. The van der Waals surface area contributed by atoms with Gasteiger partial charge in [-0.2, -0.15) is 0 Å². The lowest BCUT2D eigenvalue weighted by Gasteiger charge is -2.10. The fourth-order valence-electron chi connectivity index (χ4n) is 2.29. The van der Waals surface area contributed by atoms with E-state index in [1.807, 2.05) is 32.3 Å². The Morgan fingerprint density at radius 2 is 1.96 bits per heavy atom. The van der Waals surface area contributed by atoms with Gasteiger partial charge < -0.3 is 14.6 Å². The van der Waals surface area contributed by atoms with Gasteiger partial charge >= 0.3 is 0 Å². The molecule has 0 bridgehead atoms. The Bertz CT molecular complexity index is 792. The molecule has 1 amide bonds. The van der Waals surface area contributed by atoms with Gasteiger partial charge in [-0.15, -0.1) is 11.3 Å². The van der Waals surface area contributed by atoms with Crippen molar-refractivity contribution in [3.05, 3.63) is 64.9 Å². The van der Waals surface area contributed by atoms with E-state index in [-0.39, 0.29) is 5.91 Å². The molecule has 0 atom stereocenters. The Labute approximate surface area is 144 Å². The molecule has 0 aliphatic rings. The van der Waals surface area contributed by atoms with Crippen molar-refractivity contribution >= 4 is 17.2 Å². The number of aromatic nitrogens is 1. The minimum atomic E-state index is -0.179. The van der Waals surface area contributed by atoms with Crippen LogP contribution in [0.25, 0.3) is 10.8 Å². The van der Waals surface area contributed by atoms with Gasteiger partial charge in [0.1, 0.15) is 5.69 Å². The second-order valence-electron chi connectivity index (χ2n) is 5.75. The molecule has 0 unspecified atom stereocenters. The monoisotopic (exact) mass is 341 g/mol. The summed E-state index contributed by atoms with van der Waals surface area (Å²) in [6, 6.07) is 11.9. The Kier molecular flexibility index (Phi) is 5.08. The summed E-state index contributed by atoms with van der Waals surface area (Å²) < 4.78 is 5.29. The van der Waals surface area contributed by atoms with Gasteiger partial charge in [0.05, 0.1) is 6.26 Å². The number of nitrogens with zero attached hydrogens (tertiary/aromatic N) is 2. The van der Waals surface area contributed by atoms with Crippen molar-refractivity contribution in [1.82, 2.24) is 15.2 Å². The van der Waals surface area contributed by atoms with Crippen LogP contribution in [0.5, 0.6) is 0 Å². The number of amides is 1. The first-order chi connectivity index (χ1) is 11.6. The van der Waals surface area contributed by atoms with Gasteiger partial charge in [-0.1, -0.05) is 24.3 Å². The van der Waals surface area contributed by atoms with E-state index in [2.05, 4.69) is 27.3 Å². The van der Waals surface area contributed by atoms with E-state index in [0.717, 1.165) is 12.1 Å². The Balaban J connectivity index is 1.57. The summed E-state index contributed by atoms with van der Waals surface area (Å²) in [4.78, 5) is 18.6. The van der Waals surface area contributed by atoms with Crippen LogP contribution in [-0.2, 0) is 13.1 Å². The summed E-state index contributed by atoms with van der Waals surface area (Å²) in [6.45, 7) is 1.38. The number of rotatable bonds is 6. The highest BCUT2D eigenvalue weighted by Gasteiger charge is 2.12. The van der Waals surface area contributed by atoms with Crippen LogP contribution in [0.15, 0.2) is 52.5 Å². The van der Waals surface area contributed by atoms with E-state index in [9.17, 15) is 4.79 Å². The van der Waals surface area contributed by atoms with Crippen molar-refractivity contribution in [2.75, 3.05) is 14.1 Å². The zero-order valence-electron chi connectivity index (χ0n) is 13.7. The van der Waals surface area contributed by atoms with E-state index in [0.29, 0.717) is 23.0 Å². The Morgan fingerprint density at radius 1 is 1.21 bits per heavy atom. The highest BCUT2D eigenvalue weighted by molar-refractivity contribution is 7.13. The SMILES string of the molecule is CN(C)Cc1ccc(CNC(=O)c2csc(-c3ccco3)n2)cc1. The second kappa shape index (κ2) is 7.42. The van der Waals surface area contributed by atoms with Crippen LogP contribution < -0.4 is 5.32 Å². The van der Waals surface area contributed by atoms with E-state index >= 15 is 0 Å². The largest absolute Gasteiger partial charge is 0.462 e. The molecule has 0 saturated heterocycles. The van der Waals surface area contributed by atoms with Crippen LogP contribution in [0, 0.1) is 0 Å². The molecule has 24 heavy (non-hydrogen) atoms. The summed E-state index contributed by atoms with van der Waals surface area (Å²) in [5.41, 5.74) is 2.72. The molecule has 2 heterocycles. The summed E-state index contributed by atoms with van der Waals surface area (Å²) >= 11 is 1.39. The van der Waals surface area contributed by atoms with E-state index in [1.165, 1.54) is 16.9 Å². The zero-order chi connectivity index (χ0) is 16.9. The number of carbonyl (C=O) groups excluding carboxylic acids is 1. The summed E-state index contributed by atoms with van der Waals surface area (Å²) in [5, 5.41) is 5.35. The predicted octanol–water partition coefficient (Wildman–Crippen LogP) is 3.39. The maximum Gasteiger partial charge on any atom is 0.271 e. The number of hydrogen-bond acceptors (Lipinski definition) is 5. The first-order valence-corrected chi connectivity index (χ1v) is 8.50. The fraction of sp³-hybridized carbons (Fsp3) is 0.222. The Hall–Kier alpha value is -2.44. The normalized spacial score (nSPS) is 11.0. The summed E-state index contributed by atoms with van der Waals surface area (Å²) in [7, 11) is 4.08. The summed E-state index contributed by atoms with van der Waals surface area (Å²) in [5.74, 6) is 0.497. The first-order valence-electron chi connectivity index (χ1n) is 7.62. The third-order valence-corrected chi connectivity index (χ3v) is 4.30. The molecule has 0 aliphatic heterocycles. The molecule has 0 radical (unpaired) electrons. The van der Waals surface area contributed by atoms with Crippen molar-refractivity contribution in [3.8, 4) is 10.8 Å². The van der Waals surface area contributed by atoms with Crippen LogP contribution in [0.4, 0.5) is 0 Å². The first kappa shape index (κ1) is 16.4. The number of nitrogens with one attached hydrogen (secondary N) is 1. The fourth-order valence-corrected chi connectivity index (χ4v) is 3.06. The van der Waals surface area contributed by atoms with Crippen LogP contribution in [0.3, 0.4) is 0 Å². The quantitative estimate of drug-likeness (QED) is 0.746. The molecule has 1 aromatic carbocycles. The number of furan rings is 1. The lowest BCUT2D eigenvalue weighted by atomic mass is 10.1. The maximum absolute atomic E-state index is 12.2. The van der Waals surface area contributed by atoms with E-state index < -0.39 is 0 Å². The molecule has 5 nitrogen and oxygen atoms in total. The molecule has 1 N–H and O–H groups in total. The van der Waals surface area contributed by atoms with Gasteiger partial charge in [-0.3, -0.25) is 4.79 Å². The number of thiazole rings is 1. The van der Waals surface area contributed by atoms with E-state index in [4.69, 9.17) is 4.42 Å². The molecule has 3 aromatic rings. The van der Waals surface area contributed by atoms with Crippen molar-refractivity contribution in [3.63, 3.8) is 0 Å². The van der Waals surface area contributed by atoms with Gasteiger partial charge in [0.25, 0.3) is 5.91 Å². The van der Waals surface area contributed by atoms with Crippen LogP contribution in [0.1, 0.15) is 21.6 Å². The third-order valence-electron chi connectivity index (χ3n) is 3.44. The van der Waals surface area contributed by atoms with Crippen molar-refractivity contribution in [1.29, 1.82) is 0 Å². The summed E-state index contributed by atoms with van der Waals surface area (Å²) in [6.07, 6.45) is 1.59. The lowest BCUT2D eigenvalue weighted by Crippen LogP contribution is -2.23.